The zero-order valence-electron chi connectivity index (χ0n) is 10.3. The van der Waals surface area contributed by atoms with Crippen LogP contribution in [0.3, 0.4) is 0 Å². The molecule has 0 radical (unpaired) electrons. The van der Waals surface area contributed by atoms with E-state index in [1.165, 1.54) is 6.92 Å². The number of halogens is 3. The molecule has 0 fully saturated rings. The zero-order chi connectivity index (χ0) is 13.1. The predicted molar refractivity (Wildman–Crippen MR) is 54.8 cm³/mol. The molecule has 2 nitrogen and oxygen atoms in total. The lowest BCUT2D eigenvalue weighted by Gasteiger charge is -2.30. The van der Waals surface area contributed by atoms with Gasteiger partial charge in [0.15, 0.2) is 5.41 Å². The van der Waals surface area contributed by atoms with Gasteiger partial charge in [0.25, 0.3) is 0 Å². The molecule has 0 rings (SSSR count). The van der Waals surface area contributed by atoms with Crippen molar-refractivity contribution in [1.82, 2.24) is 0 Å². The molecule has 0 aromatic rings. The first-order valence-corrected chi connectivity index (χ1v) is 5.34. The van der Waals surface area contributed by atoms with Gasteiger partial charge < -0.3 is 4.74 Å². The van der Waals surface area contributed by atoms with Gasteiger partial charge in [-0.2, -0.15) is 13.2 Å². The van der Waals surface area contributed by atoms with Gasteiger partial charge in [0.05, 0.1) is 0 Å². The van der Waals surface area contributed by atoms with Crippen LogP contribution in [0.1, 0.15) is 41.0 Å². The molecule has 16 heavy (non-hydrogen) atoms. The number of carbonyl (C=O) groups excluding carboxylic acids is 1. The molecule has 0 N–H and O–H groups in total. The highest BCUT2D eigenvalue weighted by Crippen LogP contribution is 2.42. The monoisotopic (exact) mass is 240 g/mol. The van der Waals surface area contributed by atoms with E-state index in [0.29, 0.717) is 0 Å². The number of ether oxygens (including phenoxy) is 1. The Balaban J connectivity index is 4.81. The van der Waals surface area contributed by atoms with Crippen LogP contribution in [0.5, 0.6) is 0 Å². The third-order valence-electron chi connectivity index (χ3n) is 3.02. The van der Waals surface area contributed by atoms with Crippen molar-refractivity contribution < 1.29 is 22.7 Å². The standard InChI is InChI=1S/C11H19F3O2/c1-6-10(5,11(12,13)14)9(15)16-8(4)7(2)3/h7-8H,6H2,1-5H3. The summed E-state index contributed by atoms with van der Waals surface area (Å²) in [6, 6.07) is 0. The third kappa shape index (κ3) is 3.12. The molecule has 0 aromatic heterocycles. The number of alkyl halides is 3. The largest absolute Gasteiger partial charge is 0.462 e. The van der Waals surface area contributed by atoms with E-state index in [-0.39, 0.29) is 12.3 Å². The summed E-state index contributed by atoms with van der Waals surface area (Å²) in [6.07, 6.45) is -5.41. The lowest BCUT2D eigenvalue weighted by molar-refractivity contribution is -0.233. The van der Waals surface area contributed by atoms with E-state index in [9.17, 15) is 18.0 Å². The number of carbonyl (C=O) groups is 1. The molecule has 96 valence electrons. The summed E-state index contributed by atoms with van der Waals surface area (Å²) >= 11 is 0. The van der Waals surface area contributed by atoms with Gasteiger partial charge >= 0.3 is 12.1 Å². The van der Waals surface area contributed by atoms with Crippen LogP contribution in [0.2, 0.25) is 0 Å². The summed E-state index contributed by atoms with van der Waals surface area (Å²) in [4.78, 5) is 11.5. The molecule has 0 aromatic carbocycles. The first-order valence-electron chi connectivity index (χ1n) is 5.34. The number of hydrogen-bond donors (Lipinski definition) is 0. The Morgan fingerprint density at radius 3 is 1.94 bits per heavy atom. The molecule has 2 atom stereocenters. The fourth-order valence-electron chi connectivity index (χ4n) is 0.895. The van der Waals surface area contributed by atoms with Crippen LogP contribution in [0.15, 0.2) is 0 Å². The lowest BCUT2D eigenvalue weighted by Crippen LogP contribution is -2.44. The second-order valence-electron chi connectivity index (χ2n) is 4.54. The maximum absolute atomic E-state index is 12.7. The Hall–Kier alpha value is -0.740. The topological polar surface area (TPSA) is 26.3 Å². The Morgan fingerprint density at radius 2 is 1.69 bits per heavy atom. The molecule has 0 bridgehead atoms. The maximum Gasteiger partial charge on any atom is 0.404 e. The average molecular weight is 240 g/mol. The molecule has 0 amide bonds. The highest BCUT2D eigenvalue weighted by atomic mass is 19.4. The molecular formula is C11H19F3O2. The molecule has 0 saturated heterocycles. The fourth-order valence-corrected chi connectivity index (χ4v) is 0.895. The minimum atomic E-state index is -4.57. The second kappa shape index (κ2) is 5.06. The molecular weight excluding hydrogens is 221 g/mol. The van der Waals surface area contributed by atoms with Crippen LogP contribution in [0.4, 0.5) is 13.2 Å². The first-order chi connectivity index (χ1) is 7.06. The molecule has 0 aliphatic carbocycles. The van der Waals surface area contributed by atoms with E-state index in [4.69, 9.17) is 4.74 Å². The number of rotatable bonds is 4. The normalized spacial score (nSPS) is 18.1. The molecule has 0 aliphatic rings. The van der Waals surface area contributed by atoms with Gasteiger partial charge in [0.2, 0.25) is 0 Å². The summed E-state index contributed by atoms with van der Waals surface area (Å²) in [5.41, 5.74) is -2.41. The van der Waals surface area contributed by atoms with Crippen LogP contribution in [0, 0.1) is 11.3 Å². The van der Waals surface area contributed by atoms with Crippen LogP contribution in [0.25, 0.3) is 0 Å². The summed E-state index contributed by atoms with van der Waals surface area (Å²) in [6.45, 7) is 7.37. The minimum absolute atomic E-state index is 0.00158. The second-order valence-corrected chi connectivity index (χ2v) is 4.54. The first kappa shape index (κ1) is 15.3. The van der Waals surface area contributed by atoms with Crippen molar-refractivity contribution in [3.63, 3.8) is 0 Å². The van der Waals surface area contributed by atoms with Crippen molar-refractivity contribution >= 4 is 5.97 Å². The lowest BCUT2D eigenvalue weighted by atomic mass is 9.87. The molecule has 0 heterocycles. The van der Waals surface area contributed by atoms with Crippen LogP contribution >= 0.6 is 0 Å². The molecule has 0 aliphatic heterocycles. The van der Waals surface area contributed by atoms with Gasteiger partial charge in [0.1, 0.15) is 6.10 Å². The van der Waals surface area contributed by atoms with Crippen LogP contribution < -0.4 is 0 Å². The predicted octanol–water partition coefficient (Wildman–Crippen LogP) is 3.55. The quantitative estimate of drug-likeness (QED) is 0.702. The van der Waals surface area contributed by atoms with Gasteiger partial charge in [-0.3, -0.25) is 4.79 Å². The van der Waals surface area contributed by atoms with E-state index in [1.54, 1.807) is 20.8 Å². The van der Waals surface area contributed by atoms with E-state index in [2.05, 4.69) is 0 Å². The number of hydrogen-bond acceptors (Lipinski definition) is 2. The Bertz CT molecular complexity index is 248. The number of esters is 1. The molecule has 0 saturated carbocycles. The molecule has 2 unspecified atom stereocenters. The van der Waals surface area contributed by atoms with Gasteiger partial charge in [-0.1, -0.05) is 20.8 Å². The fraction of sp³-hybridized carbons (Fsp3) is 0.909. The van der Waals surface area contributed by atoms with Gasteiger partial charge in [-0.25, -0.2) is 0 Å². The Labute approximate surface area is 94.2 Å². The van der Waals surface area contributed by atoms with Gasteiger partial charge in [0, 0.05) is 0 Å². The highest BCUT2D eigenvalue weighted by molar-refractivity contribution is 5.77. The highest BCUT2D eigenvalue weighted by Gasteiger charge is 2.56. The van der Waals surface area contributed by atoms with E-state index in [1.807, 2.05) is 0 Å². The zero-order valence-corrected chi connectivity index (χ0v) is 10.3. The molecule has 0 spiro atoms. The average Bonchev–Trinajstić information content (AvgIpc) is 2.14. The summed E-state index contributed by atoms with van der Waals surface area (Å²) in [5.74, 6) is -1.19. The van der Waals surface area contributed by atoms with Crippen molar-refractivity contribution in [2.24, 2.45) is 11.3 Å². The van der Waals surface area contributed by atoms with Crippen molar-refractivity contribution in [1.29, 1.82) is 0 Å². The maximum atomic E-state index is 12.7. The summed E-state index contributed by atoms with van der Waals surface area (Å²) in [5, 5.41) is 0. The van der Waals surface area contributed by atoms with Crippen molar-refractivity contribution in [3.8, 4) is 0 Å². The summed E-state index contributed by atoms with van der Waals surface area (Å²) < 4.78 is 43.0. The Morgan fingerprint density at radius 1 is 1.25 bits per heavy atom. The third-order valence-corrected chi connectivity index (χ3v) is 3.02. The van der Waals surface area contributed by atoms with Crippen molar-refractivity contribution in [3.05, 3.63) is 0 Å². The summed E-state index contributed by atoms with van der Waals surface area (Å²) in [7, 11) is 0. The van der Waals surface area contributed by atoms with E-state index in [0.717, 1.165) is 6.92 Å². The van der Waals surface area contributed by atoms with Gasteiger partial charge in [-0.15, -0.1) is 0 Å². The minimum Gasteiger partial charge on any atom is -0.462 e. The Kier molecular flexibility index (Phi) is 4.83. The smallest absolute Gasteiger partial charge is 0.404 e. The van der Waals surface area contributed by atoms with Crippen LogP contribution in [-0.4, -0.2) is 18.2 Å². The van der Waals surface area contributed by atoms with E-state index >= 15 is 0 Å². The van der Waals surface area contributed by atoms with Crippen molar-refractivity contribution in [2.75, 3.05) is 0 Å². The van der Waals surface area contributed by atoms with Crippen molar-refractivity contribution in [2.45, 2.75) is 53.3 Å². The molecule has 5 heteroatoms. The van der Waals surface area contributed by atoms with E-state index < -0.39 is 23.7 Å². The van der Waals surface area contributed by atoms with Crippen LogP contribution in [-0.2, 0) is 9.53 Å². The van der Waals surface area contributed by atoms with Gasteiger partial charge in [-0.05, 0) is 26.2 Å². The SMILES string of the molecule is CCC(C)(C(=O)OC(C)C(C)C)C(F)(F)F.